The van der Waals surface area contributed by atoms with Gasteiger partial charge in [-0.3, -0.25) is 4.79 Å². The highest BCUT2D eigenvalue weighted by Gasteiger charge is 2.40. The number of hydrogen-bond acceptors (Lipinski definition) is 4. The molecule has 1 unspecified atom stereocenters. The topological polar surface area (TPSA) is 66.5 Å². The van der Waals surface area contributed by atoms with Crippen molar-refractivity contribution < 1.29 is 13.2 Å². The highest BCUT2D eigenvalue weighted by molar-refractivity contribution is 7.89. The van der Waals surface area contributed by atoms with Gasteiger partial charge in [-0.05, 0) is 11.6 Å². The minimum absolute atomic E-state index is 0.248. The van der Waals surface area contributed by atoms with Crippen LogP contribution in [0.3, 0.4) is 0 Å². The molecule has 0 radical (unpaired) electrons. The maximum Gasteiger partial charge on any atom is 0.245 e. The molecule has 4 rings (SSSR count). The van der Waals surface area contributed by atoms with Gasteiger partial charge in [0.1, 0.15) is 10.9 Å². The zero-order chi connectivity index (χ0) is 17.4. The van der Waals surface area contributed by atoms with Gasteiger partial charge in [0.2, 0.25) is 15.9 Å². The van der Waals surface area contributed by atoms with Gasteiger partial charge in [-0.1, -0.05) is 48.5 Å². The molecule has 128 valence electrons. The van der Waals surface area contributed by atoms with Crippen LogP contribution in [-0.4, -0.2) is 31.7 Å². The Labute approximate surface area is 149 Å². The van der Waals surface area contributed by atoms with E-state index in [1.807, 2.05) is 36.4 Å². The first kappa shape index (κ1) is 16.3. The first-order valence-corrected chi connectivity index (χ1v) is 10.2. The molecule has 2 aromatic carbocycles. The fourth-order valence-electron chi connectivity index (χ4n) is 3.14. The molecule has 0 saturated carbocycles. The Balaban J connectivity index is 1.84. The van der Waals surface area contributed by atoms with E-state index in [9.17, 15) is 13.2 Å². The molecule has 1 atom stereocenters. The number of piperazine rings is 1. The Hall–Kier alpha value is -2.22. The summed E-state index contributed by atoms with van der Waals surface area (Å²) in [6.07, 6.45) is 0. The van der Waals surface area contributed by atoms with E-state index in [0.717, 1.165) is 4.70 Å². The number of amides is 1. The third-order valence-electron chi connectivity index (χ3n) is 4.32. The van der Waals surface area contributed by atoms with Crippen molar-refractivity contribution in [2.75, 3.05) is 13.1 Å². The largest absolute Gasteiger partial charge is 0.353 e. The number of rotatable bonds is 3. The van der Waals surface area contributed by atoms with Crippen LogP contribution < -0.4 is 5.32 Å². The molecule has 1 fully saturated rings. The fourth-order valence-corrected chi connectivity index (χ4v) is 6.19. The molecule has 1 aromatic heterocycles. The zero-order valence-corrected chi connectivity index (χ0v) is 14.9. The van der Waals surface area contributed by atoms with E-state index in [1.54, 1.807) is 23.6 Å². The van der Waals surface area contributed by atoms with Gasteiger partial charge in [-0.15, -0.1) is 11.3 Å². The Kier molecular flexibility index (Phi) is 4.07. The third-order valence-corrected chi connectivity index (χ3v) is 7.33. The van der Waals surface area contributed by atoms with E-state index in [1.165, 1.54) is 15.6 Å². The summed E-state index contributed by atoms with van der Waals surface area (Å²) in [7, 11) is -3.79. The van der Waals surface area contributed by atoms with Crippen LogP contribution in [0.25, 0.3) is 10.1 Å². The molecule has 0 bridgehead atoms. The highest BCUT2D eigenvalue weighted by atomic mass is 32.2. The van der Waals surface area contributed by atoms with Crippen molar-refractivity contribution in [1.82, 2.24) is 9.62 Å². The first-order chi connectivity index (χ1) is 12.1. The van der Waals surface area contributed by atoms with Gasteiger partial charge in [-0.25, -0.2) is 8.42 Å². The summed E-state index contributed by atoms with van der Waals surface area (Å²) in [5.74, 6) is -0.291. The smallest absolute Gasteiger partial charge is 0.245 e. The first-order valence-electron chi connectivity index (χ1n) is 7.90. The summed E-state index contributed by atoms with van der Waals surface area (Å²) in [4.78, 5) is 12.7. The van der Waals surface area contributed by atoms with Crippen molar-refractivity contribution in [3.05, 3.63) is 65.5 Å². The summed E-state index contributed by atoms with van der Waals surface area (Å²) in [6.45, 7) is 0.557. The minimum atomic E-state index is -3.79. The Morgan fingerprint density at radius 2 is 1.76 bits per heavy atom. The number of nitrogens with zero attached hydrogens (tertiary/aromatic N) is 1. The molecule has 1 saturated heterocycles. The number of hydrogen-bond donors (Lipinski definition) is 1. The van der Waals surface area contributed by atoms with E-state index in [2.05, 4.69) is 5.32 Å². The van der Waals surface area contributed by atoms with E-state index in [4.69, 9.17) is 0 Å². The second kappa shape index (κ2) is 6.25. The molecular formula is C18H16N2O3S2. The standard InChI is InChI=1S/C18H16N2O3S2/c21-18-17(13-6-2-1-3-7-13)20(11-10-19-18)25(22,23)16-12-24-15-9-5-4-8-14(15)16/h1-9,12,17H,10-11H2,(H,19,21). The molecule has 7 heteroatoms. The van der Waals surface area contributed by atoms with E-state index in [-0.39, 0.29) is 17.3 Å². The van der Waals surface area contributed by atoms with Crippen LogP contribution in [0.4, 0.5) is 0 Å². The van der Waals surface area contributed by atoms with Gasteiger partial charge in [0.15, 0.2) is 0 Å². The molecule has 0 spiro atoms. The summed E-state index contributed by atoms with van der Waals surface area (Å²) in [5, 5.41) is 5.13. The lowest BCUT2D eigenvalue weighted by molar-refractivity contribution is -0.126. The van der Waals surface area contributed by atoms with Crippen LogP contribution in [0.15, 0.2) is 64.9 Å². The van der Waals surface area contributed by atoms with E-state index >= 15 is 0 Å². The van der Waals surface area contributed by atoms with Crippen molar-refractivity contribution >= 4 is 37.4 Å². The van der Waals surface area contributed by atoms with Gasteiger partial charge in [0, 0.05) is 28.6 Å². The van der Waals surface area contributed by atoms with E-state index < -0.39 is 16.1 Å². The average molecular weight is 372 g/mol. The van der Waals surface area contributed by atoms with Crippen molar-refractivity contribution in [3.8, 4) is 0 Å². The lowest BCUT2D eigenvalue weighted by atomic mass is 10.1. The maximum atomic E-state index is 13.3. The Bertz CT molecular complexity index is 1030. The van der Waals surface area contributed by atoms with Crippen molar-refractivity contribution in [3.63, 3.8) is 0 Å². The van der Waals surface area contributed by atoms with Crippen molar-refractivity contribution in [1.29, 1.82) is 0 Å². The number of fused-ring (bicyclic) bond motifs is 1. The van der Waals surface area contributed by atoms with Crippen LogP contribution in [0.5, 0.6) is 0 Å². The molecule has 1 N–H and O–H groups in total. The Morgan fingerprint density at radius 1 is 1.04 bits per heavy atom. The molecule has 1 aliphatic rings. The molecule has 1 aliphatic heterocycles. The van der Waals surface area contributed by atoms with E-state index in [0.29, 0.717) is 17.5 Å². The molecule has 1 amide bonds. The van der Waals surface area contributed by atoms with Crippen LogP contribution in [0, 0.1) is 0 Å². The van der Waals surface area contributed by atoms with Gasteiger partial charge >= 0.3 is 0 Å². The van der Waals surface area contributed by atoms with Crippen LogP contribution >= 0.6 is 11.3 Å². The molecule has 25 heavy (non-hydrogen) atoms. The monoisotopic (exact) mass is 372 g/mol. The number of nitrogens with one attached hydrogen (secondary N) is 1. The van der Waals surface area contributed by atoms with Crippen molar-refractivity contribution in [2.45, 2.75) is 10.9 Å². The number of benzene rings is 2. The minimum Gasteiger partial charge on any atom is -0.353 e. The third kappa shape index (κ3) is 2.74. The lowest BCUT2D eigenvalue weighted by Gasteiger charge is -2.34. The zero-order valence-electron chi connectivity index (χ0n) is 13.3. The number of carbonyl (C=O) groups is 1. The number of thiophene rings is 1. The van der Waals surface area contributed by atoms with Crippen LogP contribution in [0.1, 0.15) is 11.6 Å². The van der Waals surface area contributed by atoms with Gasteiger partial charge in [0.25, 0.3) is 0 Å². The number of sulfonamides is 1. The predicted molar refractivity (Wildman–Crippen MR) is 97.9 cm³/mol. The summed E-state index contributed by atoms with van der Waals surface area (Å²) in [6, 6.07) is 15.6. The normalized spacial score (nSPS) is 19.0. The molecule has 2 heterocycles. The summed E-state index contributed by atoms with van der Waals surface area (Å²) >= 11 is 1.40. The quantitative estimate of drug-likeness (QED) is 0.769. The van der Waals surface area contributed by atoms with Gasteiger partial charge in [0.05, 0.1) is 0 Å². The number of carbonyl (C=O) groups excluding carboxylic acids is 1. The van der Waals surface area contributed by atoms with Crippen LogP contribution in [-0.2, 0) is 14.8 Å². The van der Waals surface area contributed by atoms with Crippen LogP contribution in [0.2, 0.25) is 0 Å². The fraction of sp³-hybridized carbons (Fsp3) is 0.167. The average Bonchev–Trinajstić information content (AvgIpc) is 3.07. The summed E-state index contributed by atoms with van der Waals surface area (Å²) in [5.41, 5.74) is 0.669. The molecule has 3 aromatic rings. The Morgan fingerprint density at radius 3 is 2.56 bits per heavy atom. The van der Waals surface area contributed by atoms with Gasteiger partial charge in [-0.2, -0.15) is 4.31 Å². The molecule has 0 aliphatic carbocycles. The highest BCUT2D eigenvalue weighted by Crippen LogP contribution is 2.35. The second-order valence-corrected chi connectivity index (χ2v) is 8.59. The molecule has 5 nitrogen and oxygen atoms in total. The predicted octanol–water partition coefficient (Wildman–Crippen LogP) is 2.76. The maximum absolute atomic E-state index is 13.3. The second-order valence-electron chi connectivity index (χ2n) is 5.82. The SMILES string of the molecule is O=C1NCCN(S(=O)(=O)c2csc3ccccc23)C1c1ccccc1. The van der Waals surface area contributed by atoms with Gasteiger partial charge < -0.3 is 5.32 Å². The van der Waals surface area contributed by atoms with Crippen molar-refractivity contribution in [2.24, 2.45) is 0 Å². The summed E-state index contributed by atoms with van der Waals surface area (Å²) < 4.78 is 28.9. The lowest BCUT2D eigenvalue weighted by Crippen LogP contribution is -2.52. The molecular weight excluding hydrogens is 356 g/mol.